The number of hydrogen-bond donors (Lipinski definition) is 1. The highest BCUT2D eigenvalue weighted by atomic mass is 32.1. The zero-order chi connectivity index (χ0) is 13.1. The van der Waals surface area contributed by atoms with E-state index in [2.05, 4.69) is 15.3 Å². The first-order chi connectivity index (χ1) is 8.59. The van der Waals surface area contributed by atoms with Crippen LogP contribution in [-0.2, 0) is 0 Å². The Morgan fingerprint density at radius 1 is 1.39 bits per heavy atom. The van der Waals surface area contributed by atoms with Crippen molar-refractivity contribution in [1.29, 1.82) is 0 Å². The molecule has 0 amide bonds. The van der Waals surface area contributed by atoms with Gasteiger partial charge in [0.2, 0.25) is 10.6 Å². The molecule has 94 valence electrons. The molecule has 1 N–H and O–H groups in total. The summed E-state index contributed by atoms with van der Waals surface area (Å²) in [6, 6.07) is 5.82. The van der Waals surface area contributed by atoms with Gasteiger partial charge in [-0.2, -0.15) is 14.9 Å². The Labute approximate surface area is 105 Å². The van der Waals surface area contributed by atoms with Gasteiger partial charge < -0.3 is 0 Å². The van der Waals surface area contributed by atoms with Crippen molar-refractivity contribution in [2.45, 2.75) is 6.43 Å². The SMILES string of the molecule is Fc1ccccc1/C=N/n1c(C(F)F)n[nH]c1=S. The summed E-state index contributed by atoms with van der Waals surface area (Å²) in [5.41, 5.74) is 0.167. The average molecular weight is 272 g/mol. The van der Waals surface area contributed by atoms with Crippen LogP contribution in [0.25, 0.3) is 0 Å². The quantitative estimate of drug-likeness (QED) is 0.689. The topological polar surface area (TPSA) is 46.0 Å². The summed E-state index contributed by atoms with van der Waals surface area (Å²) in [4.78, 5) is 0. The Balaban J connectivity index is 2.38. The third-order valence-corrected chi connectivity index (χ3v) is 2.35. The number of aromatic nitrogens is 3. The molecule has 4 nitrogen and oxygen atoms in total. The molecule has 1 aromatic heterocycles. The monoisotopic (exact) mass is 272 g/mol. The first kappa shape index (κ1) is 12.5. The molecule has 1 heterocycles. The number of alkyl halides is 2. The fourth-order valence-electron chi connectivity index (χ4n) is 1.26. The van der Waals surface area contributed by atoms with Crippen molar-refractivity contribution < 1.29 is 13.2 Å². The summed E-state index contributed by atoms with van der Waals surface area (Å²) >= 11 is 4.74. The Hall–Kier alpha value is -1.96. The predicted molar refractivity (Wildman–Crippen MR) is 61.8 cm³/mol. The van der Waals surface area contributed by atoms with Crippen molar-refractivity contribution in [3.8, 4) is 0 Å². The minimum absolute atomic E-state index is 0.0853. The largest absolute Gasteiger partial charge is 0.299 e. The third-order valence-electron chi connectivity index (χ3n) is 2.09. The standard InChI is InChI=1S/C10H7F3N4S/c11-7-4-2-1-3-6(7)5-14-17-9(8(12)13)15-16-10(17)18/h1-5,8H,(H,16,18)/b14-5+. The van der Waals surface area contributed by atoms with Crippen molar-refractivity contribution in [3.63, 3.8) is 0 Å². The maximum atomic E-state index is 13.3. The number of nitrogens with one attached hydrogen (secondary N) is 1. The predicted octanol–water partition coefficient (Wildman–Crippen LogP) is 2.90. The number of hydrogen-bond acceptors (Lipinski definition) is 3. The first-order valence-corrected chi connectivity index (χ1v) is 5.25. The Bertz CT molecular complexity index is 632. The lowest BCUT2D eigenvalue weighted by Gasteiger charge is -1.99. The molecule has 18 heavy (non-hydrogen) atoms. The highest BCUT2D eigenvalue weighted by Gasteiger charge is 2.15. The number of rotatable bonds is 3. The summed E-state index contributed by atoms with van der Waals surface area (Å²) in [6.07, 6.45) is -1.72. The number of halogens is 3. The molecular formula is C10H7F3N4S. The molecule has 8 heteroatoms. The minimum Gasteiger partial charge on any atom is -0.250 e. The second-order valence-corrected chi connectivity index (χ2v) is 3.65. The Kier molecular flexibility index (Phi) is 3.56. The van der Waals surface area contributed by atoms with Gasteiger partial charge >= 0.3 is 0 Å². The van der Waals surface area contributed by atoms with Crippen LogP contribution in [0.4, 0.5) is 13.2 Å². The van der Waals surface area contributed by atoms with Gasteiger partial charge in [-0.25, -0.2) is 18.3 Å². The molecule has 0 aliphatic rings. The summed E-state index contributed by atoms with van der Waals surface area (Å²) < 4.78 is 39.0. The molecule has 0 spiro atoms. The van der Waals surface area contributed by atoms with Crippen molar-refractivity contribution in [2.75, 3.05) is 0 Å². The molecule has 0 fully saturated rings. The molecule has 2 rings (SSSR count). The number of H-pyrrole nitrogens is 1. The number of aromatic amines is 1. The van der Waals surface area contributed by atoms with Crippen molar-refractivity contribution in [3.05, 3.63) is 46.2 Å². The van der Waals surface area contributed by atoms with Crippen LogP contribution in [0.3, 0.4) is 0 Å². The van der Waals surface area contributed by atoms with Gasteiger partial charge in [-0.3, -0.25) is 0 Å². The van der Waals surface area contributed by atoms with E-state index < -0.39 is 18.1 Å². The fourth-order valence-corrected chi connectivity index (χ4v) is 1.44. The van der Waals surface area contributed by atoms with Crippen LogP contribution >= 0.6 is 12.2 Å². The van der Waals surface area contributed by atoms with Crippen LogP contribution in [0.1, 0.15) is 17.8 Å². The molecule has 1 aromatic carbocycles. The van der Waals surface area contributed by atoms with E-state index in [1.54, 1.807) is 6.07 Å². The molecule has 0 atom stereocenters. The normalized spacial score (nSPS) is 11.6. The zero-order valence-electron chi connectivity index (χ0n) is 8.85. The van der Waals surface area contributed by atoms with Gasteiger partial charge in [0.05, 0.1) is 6.21 Å². The van der Waals surface area contributed by atoms with Crippen LogP contribution in [0.15, 0.2) is 29.4 Å². The summed E-state index contributed by atoms with van der Waals surface area (Å²) in [5.74, 6) is -1.12. The van der Waals surface area contributed by atoms with Gasteiger partial charge in [-0.1, -0.05) is 18.2 Å². The maximum Gasteiger partial charge on any atom is 0.299 e. The van der Waals surface area contributed by atoms with Crippen LogP contribution in [-0.4, -0.2) is 21.1 Å². The molecule has 0 bridgehead atoms. The minimum atomic E-state index is -2.82. The lowest BCUT2D eigenvalue weighted by atomic mass is 10.2. The number of benzene rings is 1. The van der Waals surface area contributed by atoms with E-state index in [0.717, 1.165) is 10.9 Å². The lowest BCUT2D eigenvalue weighted by Crippen LogP contribution is -2.00. The highest BCUT2D eigenvalue weighted by Crippen LogP contribution is 2.16. The number of nitrogens with zero attached hydrogens (tertiary/aromatic N) is 3. The van der Waals surface area contributed by atoms with Crippen LogP contribution < -0.4 is 0 Å². The van der Waals surface area contributed by atoms with E-state index in [4.69, 9.17) is 12.2 Å². The lowest BCUT2D eigenvalue weighted by molar-refractivity contribution is 0.136. The zero-order valence-corrected chi connectivity index (χ0v) is 9.66. The molecule has 0 saturated carbocycles. The van der Waals surface area contributed by atoms with E-state index in [1.165, 1.54) is 18.2 Å². The molecule has 0 aliphatic carbocycles. The highest BCUT2D eigenvalue weighted by molar-refractivity contribution is 7.71. The molecule has 0 aliphatic heterocycles. The molecule has 0 radical (unpaired) electrons. The summed E-state index contributed by atoms with van der Waals surface area (Å²) in [7, 11) is 0. The molecule has 0 saturated heterocycles. The fraction of sp³-hybridized carbons (Fsp3) is 0.100. The van der Waals surface area contributed by atoms with Crippen LogP contribution in [0.5, 0.6) is 0 Å². The van der Waals surface area contributed by atoms with Gasteiger partial charge in [0, 0.05) is 5.56 Å². The van der Waals surface area contributed by atoms with Crippen LogP contribution in [0, 0.1) is 10.6 Å². The van der Waals surface area contributed by atoms with Gasteiger partial charge in [-0.15, -0.1) is 0 Å². The Morgan fingerprint density at radius 2 is 2.11 bits per heavy atom. The van der Waals surface area contributed by atoms with E-state index in [0.29, 0.717) is 0 Å². The summed E-state index contributed by atoms with van der Waals surface area (Å²) in [6.45, 7) is 0. The molecule has 0 unspecified atom stereocenters. The van der Waals surface area contributed by atoms with E-state index in [-0.39, 0.29) is 10.3 Å². The first-order valence-electron chi connectivity index (χ1n) is 4.84. The second kappa shape index (κ2) is 5.13. The van der Waals surface area contributed by atoms with Gasteiger partial charge in [0.15, 0.2) is 0 Å². The molecule has 2 aromatic rings. The smallest absolute Gasteiger partial charge is 0.250 e. The van der Waals surface area contributed by atoms with E-state index in [1.807, 2.05) is 0 Å². The maximum absolute atomic E-state index is 13.3. The van der Waals surface area contributed by atoms with Gasteiger partial charge in [-0.05, 0) is 18.3 Å². The van der Waals surface area contributed by atoms with Crippen LogP contribution in [0.2, 0.25) is 0 Å². The van der Waals surface area contributed by atoms with Gasteiger partial charge in [0.25, 0.3) is 6.43 Å². The Morgan fingerprint density at radius 3 is 2.78 bits per heavy atom. The van der Waals surface area contributed by atoms with Crippen molar-refractivity contribution >= 4 is 18.4 Å². The van der Waals surface area contributed by atoms with E-state index in [9.17, 15) is 13.2 Å². The van der Waals surface area contributed by atoms with Crippen molar-refractivity contribution in [2.24, 2.45) is 5.10 Å². The third kappa shape index (κ3) is 2.48. The van der Waals surface area contributed by atoms with Crippen molar-refractivity contribution in [1.82, 2.24) is 14.9 Å². The van der Waals surface area contributed by atoms with Gasteiger partial charge in [0.1, 0.15) is 5.82 Å². The van der Waals surface area contributed by atoms with E-state index >= 15 is 0 Å². The average Bonchev–Trinajstić information content (AvgIpc) is 2.70. The molecular weight excluding hydrogens is 265 g/mol. The summed E-state index contributed by atoms with van der Waals surface area (Å²) in [5, 5.41) is 9.23. The second-order valence-electron chi connectivity index (χ2n) is 3.27.